The minimum absolute atomic E-state index is 0.284. The summed E-state index contributed by atoms with van der Waals surface area (Å²) in [5.41, 5.74) is 7.29. The molecule has 1 amide bonds. The van der Waals surface area contributed by atoms with E-state index in [0.29, 0.717) is 5.88 Å². The molecule has 0 saturated heterocycles. The zero-order valence-electron chi connectivity index (χ0n) is 11.2. The Bertz CT molecular complexity index is 249. The summed E-state index contributed by atoms with van der Waals surface area (Å²) in [6, 6.07) is 0. The van der Waals surface area contributed by atoms with Gasteiger partial charge < -0.3 is 5.73 Å². The second-order valence-electron chi connectivity index (χ2n) is 4.49. The average molecular weight is 260 g/mol. The molecule has 2 nitrogen and oxygen atoms in total. The smallest absolute Gasteiger partial charge is 0.244 e. The van der Waals surface area contributed by atoms with Gasteiger partial charge in [-0.15, -0.1) is 11.6 Å². The highest BCUT2D eigenvalue weighted by atomic mass is 35.5. The van der Waals surface area contributed by atoms with E-state index in [9.17, 15) is 4.79 Å². The van der Waals surface area contributed by atoms with E-state index in [4.69, 9.17) is 17.3 Å². The van der Waals surface area contributed by atoms with Gasteiger partial charge in [-0.2, -0.15) is 0 Å². The highest BCUT2D eigenvalue weighted by Crippen LogP contribution is 2.20. The van der Waals surface area contributed by atoms with Crippen molar-refractivity contribution in [3.8, 4) is 0 Å². The molecule has 0 unspecified atom stereocenters. The Morgan fingerprint density at radius 2 is 1.53 bits per heavy atom. The van der Waals surface area contributed by atoms with E-state index in [-0.39, 0.29) is 5.91 Å². The fourth-order valence-corrected chi connectivity index (χ4v) is 2.21. The van der Waals surface area contributed by atoms with E-state index in [0.717, 1.165) is 49.7 Å². The van der Waals surface area contributed by atoms with E-state index in [1.165, 1.54) is 12.8 Å². The van der Waals surface area contributed by atoms with Crippen LogP contribution in [0, 0.1) is 0 Å². The quantitative estimate of drug-likeness (QED) is 0.357. The first-order chi connectivity index (χ1) is 8.17. The first-order valence-corrected chi connectivity index (χ1v) is 7.27. The number of amides is 1. The summed E-state index contributed by atoms with van der Waals surface area (Å²) < 4.78 is 0. The van der Waals surface area contributed by atoms with E-state index in [2.05, 4.69) is 13.8 Å². The maximum atomic E-state index is 11.4. The number of nitrogens with two attached hydrogens (primary N) is 1. The molecule has 3 heteroatoms. The summed E-state index contributed by atoms with van der Waals surface area (Å²) in [6.07, 6.45) is 8.49. The lowest BCUT2D eigenvalue weighted by Crippen LogP contribution is -2.17. The van der Waals surface area contributed by atoms with Crippen molar-refractivity contribution in [2.24, 2.45) is 5.73 Å². The number of allylic oxidation sites excluding steroid dienone is 1. The van der Waals surface area contributed by atoms with Crippen LogP contribution in [0.5, 0.6) is 0 Å². The fourth-order valence-electron chi connectivity index (χ4n) is 1.91. The Balaban J connectivity index is 4.48. The van der Waals surface area contributed by atoms with Gasteiger partial charge in [0.2, 0.25) is 5.91 Å². The van der Waals surface area contributed by atoms with Crippen LogP contribution < -0.4 is 5.73 Å². The average Bonchev–Trinajstić information content (AvgIpc) is 2.31. The van der Waals surface area contributed by atoms with E-state index >= 15 is 0 Å². The van der Waals surface area contributed by atoms with Crippen molar-refractivity contribution in [2.45, 2.75) is 65.2 Å². The van der Waals surface area contributed by atoms with Crippen LogP contribution in [0.4, 0.5) is 0 Å². The number of halogens is 1. The number of hydrogen-bond donors (Lipinski definition) is 1. The summed E-state index contributed by atoms with van der Waals surface area (Å²) >= 11 is 5.93. The maximum Gasteiger partial charge on any atom is 0.244 e. The number of carbonyl (C=O) groups excluding carboxylic acids is 1. The van der Waals surface area contributed by atoms with Crippen molar-refractivity contribution in [2.75, 3.05) is 5.88 Å². The molecule has 17 heavy (non-hydrogen) atoms. The van der Waals surface area contributed by atoms with Crippen LogP contribution in [0.15, 0.2) is 11.1 Å². The number of primary amides is 1. The minimum atomic E-state index is -0.284. The Hall–Kier alpha value is -0.500. The lowest BCUT2D eigenvalue weighted by atomic mass is 9.98. The molecule has 0 radical (unpaired) electrons. The molecule has 0 aromatic heterocycles. The van der Waals surface area contributed by atoms with Crippen LogP contribution >= 0.6 is 11.6 Å². The SMILES string of the molecule is CCCCC/C(CCl)=C(/CCCCC)C(N)=O. The van der Waals surface area contributed by atoms with E-state index in [1.807, 2.05) is 0 Å². The first-order valence-electron chi connectivity index (χ1n) is 6.73. The molecule has 2 N–H and O–H groups in total. The molecule has 0 fully saturated rings. The Morgan fingerprint density at radius 1 is 1.00 bits per heavy atom. The minimum Gasteiger partial charge on any atom is -0.366 e. The summed E-state index contributed by atoms with van der Waals surface area (Å²) in [5, 5.41) is 0. The van der Waals surface area contributed by atoms with Crippen LogP contribution in [0.1, 0.15) is 65.2 Å². The predicted molar refractivity (Wildman–Crippen MR) is 75.2 cm³/mol. The van der Waals surface area contributed by atoms with Gasteiger partial charge in [0, 0.05) is 11.5 Å². The van der Waals surface area contributed by atoms with Crippen molar-refractivity contribution in [3.05, 3.63) is 11.1 Å². The third-order valence-corrected chi connectivity index (χ3v) is 3.32. The number of rotatable bonds is 10. The molecule has 0 aliphatic rings. The summed E-state index contributed by atoms with van der Waals surface area (Å²) in [6.45, 7) is 4.32. The van der Waals surface area contributed by atoms with Crippen molar-refractivity contribution in [1.82, 2.24) is 0 Å². The Kier molecular flexibility index (Phi) is 10.3. The van der Waals surface area contributed by atoms with Crippen LogP contribution in [0.3, 0.4) is 0 Å². The molecule has 0 aliphatic carbocycles. The van der Waals surface area contributed by atoms with Crippen molar-refractivity contribution in [3.63, 3.8) is 0 Å². The number of carbonyl (C=O) groups is 1. The monoisotopic (exact) mass is 259 g/mol. The molecule has 100 valence electrons. The third-order valence-electron chi connectivity index (χ3n) is 3.00. The van der Waals surface area contributed by atoms with Gasteiger partial charge in [0.05, 0.1) is 0 Å². The first kappa shape index (κ1) is 16.5. The normalized spacial score (nSPS) is 12.4. The zero-order chi connectivity index (χ0) is 13.1. The fraction of sp³-hybridized carbons (Fsp3) is 0.786. The van der Waals surface area contributed by atoms with E-state index < -0.39 is 0 Å². The molecule has 0 heterocycles. The lowest BCUT2D eigenvalue weighted by Gasteiger charge is -2.10. The summed E-state index contributed by atoms with van der Waals surface area (Å²) in [4.78, 5) is 11.4. The van der Waals surface area contributed by atoms with Crippen LogP contribution in [-0.4, -0.2) is 11.8 Å². The second kappa shape index (κ2) is 10.6. The molecular weight excluding hydrogens is 234 g/mol. The Morgan fingerprint density at radius 3 is 1.94 bits per heavy atom. The van der Waals surface area contributed by atoms with Crippen molar-refractivity contribution in [1.29, 1.82) is 0 Å². The molecule has 0 aromatic rings. The largest absolute Gasteiger partial charge is 0.366 e. The molecule has 0 rings (SSSR count). The highest BCUT2D eigenvalue weighted by Gasteiger charge is 2.11. The van der Waals surface area contributed by atoms with Gasteiger partial charge in [-0.3, -0.25) is 4.79 Å². The molecule has 0 spiro atoms. The molecular formula is C14H26ClNO. The lowest BCUT2D eigenvalue weighted by molar-refractivity contribution is -0.114. The molecule has 0 aromatic carbocycles. The van der Waals surface area contributed by atoms with Crippen molar-refractivity contribution < 1.29 is 4.79 Å². The van der Waals surface area contributed by atoms with Gasteiger partial charge in [-0.25, -0.2) is 0 Å². The Labute approximate surface area is 111 Å². The van der Waals surface area contributed by atoms with Crippen molar-refractivity contribution >= 4 is 17.5 Å². The van der Waals surface area contributed by atoms with Gasteiger partial charge in [-0.1, -0.05) is 39.5 Å². The van der Waals surface area contributed by atoms with Gasteiger partial charge in [0.25, 0.3) is 0 Å². The van der Waals surface area contributed by atoms with Gasteiger partial charge in [-0.05, 0) is 31.3 Å². The maximum absolute atomic E-state index is 11.4. The van der Waals surface area contributed by atoms with Crippen LogP contribution in [0.25, 0.3) is 0 Å². The van der Waals surface area contributed by atoms with Gasteiger partial charge in [0.15, 0.2) is 0 Å². The standard InChI is InChI=1S/C14H26ClNO/c1-3-5-7-9-12(11-15)13(14(16)17)10-8-6-4-2/h3-11H2,1-2H3,(H2,16,17)/b13-12+. The van der Waals surface area contributed by atoms with Crippen LogP contribution in [0.2, 0.25) is 0 Å². The van der Waals surface area contributed by atoms with Gasteiger partial charge in [0.1, 0.15) is 0 Å². The molecule has 0 atom stereocenters. The second-order valence-corrected chi connectivity index (χ2v) is 4.76. The zero-order valence-corrected chi connectivity index (χ0v) is 12.0. The predicted octanol–water partition coefficient (Wildman–Crippen LogP) is 4.17. The topological polar surface area (TPSA) is 43.1 Å². The number of unbranched alkanes of at least 4 members (excludes halogenated alkanes) is 4. The number of hydrogen-bond acceptors (Lipinski definition) is 1. The third kappa shape index (κ3) is 7.43. The summed E-state index contributed by atoms with van der Waals surface area (Å²) in [5.74, 6) is 0.155. The molecule has 0 bridgehead atoms. The molecule has 0 saturated carbocycles. The van der Waals surface area contributed by atoms with E-state index in [1.54, 1.807) is 0 Å². The number of alkyl halides is 1. The summed E-state index contributed by atoms with van der Waals surface area (Å²) in [7, 11) is 0. The highest BCUT2D eigenvalue weighted by molar-refractivity contribution is 6.20. The van der Waals surface area contributed by atoms with Gasteiger partial charge >= 0.3 is 0 Å². The van der Waals surface area contributed by atoms with Crippen LogP contribution in [-0.2, 0) is 4.79 Å². The molecule has 0 aliphatic heterocycles.